The maximum absolute atomic E-state index is 14.0. The summed E-state index contributed by atoms with van der Waals surface area (Å²) in [6, 6.07) is 7.43. The van der Waals surface area contributed by atoms with Crippen molar-refractivity contribution in [2.24, 2.45) is 5.92 Å². The van der Waals surface area contributed by atoms with Crippen LogP contribution in [0.25, 0.3) is 11.2 Å². The Hall–Kier alpha value is -3.29. The highest BCUT2D eigenvalue weighted by atomic mass is 31.2. The molecule has 0 spiro atoms. The van der Waals surface area contributed by atoms with Crippen molar-refractivity contribution in [3.05, 3.63) is 36.7 Å². The Morgan fingerprint density at radius 1 is 1.29 bits per heavy atom. The van der Waals surface area contributed by atoms with Crippen molar-refractivity contribution < 1.29 is 37.7 Å². The van der Waals surface area contributed by atoms with Gasteiger partial charge in [0, 0.05) is 5.92 Å². The quantitative estimate of drug-likeness (QED) is 0.207. The highest BCUT2D eigenvalue weighted by Crippen LogP contribution is 2.55. The number of hydrogen-bond acceptors (Lipinski definition) is 12. The van der Waals surface area contributed by atoms with Gasteiger partial charge in [-0.15, -0.1) is 0 Å². The van der Waals surface area contributed by atoms with Gasteiger partial charge in [0.2, 0.25) is 11.8 Å². The van der Waals surface area contributed by atoms with Gasteiger partial charge in [0.25, 0.3) is 0 Å². The Kier molecular flexibility index (Phi) is 8.22. The zero-order chi connectivity index (χ0) is 29.4. The molecule has 2 aliphatic rings. The first-order chi connectivity index (χ1) is 19.5. The molecule has 1 saturated carbocycles. The van der Waals surface area contributed by atoms with Crippen LogP contribution in [0.5, 0.6) is 11.6 Å². The van der Waals surface area contributed by atoms with Crippen molar-refractivity contribution in [2.75, 3.05) is 18.9 Å². The molecule has 6 atom stereocenters. The molecule has 4 N–H and O–H groups in total. The first-order valence-corrected chi connectivity index (χ1v) is 15.0. The van der Waals surface area contributed by atoms with Gasteiger partial charge in [0.15, 0.2) is 11.2 Å². The number of fused-ring (bicyclic) bond motifs is 3. The van der Waals surface area contributed by atoms with E-state index in [2.05, 4.69) is 20.0 Å². The number of benzene rings is 1. The Morgan fingerprint density at radius 2 is 2.05 bits per heavy atom. The molecule has 15 heteroatoms. The number of imidazole rings is 1. The fraction of sp³-hybridized carbons (Fsp3) is 0.538. The molecule has 1 saturated heterocycles. The number of carbonyl (C=O) groups is 1. The number of nitrogens with zero attached hydrogens (tertiary/aromatic N) is 4. The van der Waals surface area contributed by atoms with E-state index >= 15 is 0 Å². The van der Waals surface area contributed by atoms with Gasteiger partial charge in [-0.1, -0.05) is 18.2 Å². The van der Waals surface area contributed by atoms with Crippen LogP contribution in [-0.2, 0) is 23.4 Å². The third kappa shape index (κ3) is 5.88. The van der Waals surface area contributed by atoms with E-state index in [-0.39, 0.29) is 36.2 Å². The fourth-order valence-electron chi connectivity index (χ4n) is 5.18. The Balaban J connectivity index is 1.38. The van der Waals surface area contributed by atoms with Crippen LogP contribution in [0.4, 0.5) is 5.95 Å². The molecule has 222 valence electrons. The number of carbonyl (C=O) groups excluding carboxylic acids is 1. The van der Waals surface area contributed by atoms with Crippen molar-refractivity contribution >= 4 is 30.8 Å². The fourth-order valence-corrected chi connectivity index (χ4v) is 6.72. The Bertz CT molecular complexity index is 1440. The molecule has 2 aromatic heterocycles. The summed E-state index contributed by atoms with van der Waals surface area (Å²) in [6.45, 7) is 6.85. The first-order valence-electron chi connectivity index (χ1n) is 13.5. The van der Waals surface area contributed by atoms with E-state index in [9.17, 15) is 14.5 Å². The van der Waals surface area contributed by atoms with Gasteiger partial charge in [0.1, 0.15) is 23.6 Å². The minimum atomic E-state index is -4.17. The lowest BCUT2D eigenvalue weighted by Gasteiger charge is -2.33. The van der Waals surface area contributed by atoms with Crippen molar-refractivity contribution in [1.82, 2.24) is 24.6 Å². The second kappa shape index (κ2) is 11.5. The number of para-hydroxylation sites is 1. The van der Waals surface area contributed by atoms with Crippen molar-refractivity contribution in [2.45, 2.75) is 70.6 Å². The summed E-state index contributed by atoms with van der Waals surface area (Å²) in [5, 5.41) is 14.0. The number of aliphatic hydroxyl groups is 1. The van der Waals surface area contributed by atoms with Crippen LogP contribution in [-0.4, -0.2) is 67.7 Å². The molecule has 0 radical (unpaired) electrons. The molecule has 14 nitrogen and oxygen atoms in total. The second-order valence-corrected chi connectivity index (χ2v) is 12.1. The molecule has 3 aromatic rings. The van der Waals surface area contributed by atoms with E-state index in [0.717, 1.165) is 0 Å². The minimum Gasteiger partial charge on any atom is -0.476 e. The maximum atomic E-state index is 14.0. The van der Waals surface area contributed by atoms with Gasteiger partial charge in [-0.3, -0.25) is 13.9 Å². The summed E-state index contributed by atoms with van der Waals surface area (Å²) >= 11 is 0. The van der Waals surface area contributed by atoms with E-state index in [1.165, 1.54) is 6.92 Å². The zero-order valence-electron chi connectivity index (χ0n) is 23.3. The van der Waals surface area contributed by atoms with E-state index < -0.39 is 37.7 Å². The summed E-state index contributed by atoms with van der Waals surface area (Å²) in [5.41, 5.74) is 5.53. The highest BCUT2D eigenvalue weighted by molar-refractivity contribution is 7.52. The number of nitrogens with one attached hydrogen (secondary N) is 1. The number of esters is 1. The summed E-state index contributed by atoms with van der Waals surface area (Å²) < 4.78 is 44.5. The van der Waals surface area contributed by atoms with Gasteiger partial charge in [-0.25, -0.2) is 9.55 Å². The standard InChI is InChI=1S/C26H35N6O8P/c1-5-36-22-19-21(29-25(27)30-22)32(14-28-19)23-18-11-12-26(39-23,20(18)33)13-37-41(35,40-17-9-7-6-8-10-17)31-16(4)24(34)38-15(2)3/h6-10,14-16,18,20,23,33H,5,11-13H2,1-4H3,(H,31,35)(H2,27,29,30)/t16-,18-,20+,23-,26-,41?/m1/s1. The summed E-state index contributed by atoms with van der Waals surface area (Å²) in [7, 11) is -4.17. The van der Waals surface area contributed by atoms with Crippen molar-refractivity contribution in [3.8, 4) is 11.6 Å². The monoisotopic (exact) mass is 590 g/mol. The van der Waals surface area contributed by atoms with Gasteiger partial charge in [-0.2, -0.15) is 15.1 Å². The summed E-state index contributed by atoms with van der Waals surface area (Å²) in [5.74, 6) is -0.403. The van der Waals surface area contributed by atoms with Gasteiger partial charge < -0.3 is 29.6 Å². The molecule has 1 aromatic carbocycles. The predicted molar refractivity (Wildman–Crippen MR) is 147 cm³/mol. The number of hydrogen-bond donors (Lipinski definition) is 3. The lowest BCUT2D eigenvalue weighted by atomic mass is 10.0. The molecule has 2 bridgehead atoms. The van der Waals surface area contributed by atoms with Gasteiger partial charge >= 0.3 is 13.7 Å². The molecule has 1 aliphatic carbocycles. The molecular weight excluding hydrogens is 555 g/mol. The average molecular weight is 591 g/mol. The van der Waals surface area contributed by atoms with Gasteiger partial charge in [-0.05, 0) is 52.7 Å². The Labute approximate surface area is 237 Å². The first kappa shape index (κ1) is 29.2. The number of rotatable bonds is 12. The molecule has 41 heavy (non-hydrogen) atoms. The van der Waals surface area contributed by atoms with Crippen LogP contribution in [0.3, 0.4) is 0 Å². The number of ether oxygens (including phenoxy) is 3. The van der Waals surface area contributed by atoms with E-state index in [0.29, 0.717) is 30.6 Å². The van der Waals surface area contributed by atoms with Crippen molar-refractivity contribution in [3.63, 3.8) is 0 Å². The van der Waals surface area contributed by atoms with E-state index in [1.54, 1.807) is 55.1 Å². The molecule has 0 amide bonds. The van der Waals surface area contributed by atoms with E-state index in [4.69, 9.17) is 29.0 Å². The van der Waals surface area contributed by atoms with Crippen LogP contribution >= 0.6 is 7.75 Å². The van der Waals surface area contributed by atoms with E-state index in [1.807, 2.05) is 6.92 Å². The summed E-state index contributed by atoms with van der Waals surface area (Å²) in [6.07, 6.45) is 0.616. The number of aromatic nitrogens is 4. The zero-order valence-corrected chi connectivity index (χ0v) is 24.2. The largest absolute Gasteiger partial charge is 0.476 e. The number of nitrogen functional groups attached to an aromatic ring is 1. The van der Waals surface area contributed by atoms with Crippen LogP contribution in [0.1, 0.15) is 46.8 Å². The third-order valence-corrected chi connectivity index (χ3v) is 8.66. The van der Waals surface area contributed by atoms with Crippen LogP contribution in [0, 0.1) is 5.92 Å². The minimum absolute atomic E-state index is 0.0136. The molecule has 5 rings (SSSR count). The number of anilines is 1. The smallest absolute Gasteiger partial charge is 0.459 e. The lowest BCUT2D eigenvalue weighted by molar-refractivity contribution is -0.149. The van der Waals surface area contributed by atoms with Crippen molar-refractivity contribution in [1.29, 1.82) is 0 Å². The number of nitrogens with two attached hydrogens (primary N) is 1. The molecule has 1 unspecified atom stereocenters. The molecule has 1 aliphatic heterocycles. The normalized spacial score (nSPS) is 25.8. The maximum Gasteiger partial charge on any atom is 0.459 e. The van der Waals surface area contributed by atoms with Crippen LogP contribution in [0.15, 0.2) is 36.7 Å². The average Bonchev–Trinajstić information content (AvgIpc) is 3.57. The SMILES string of the molecule is CCOc1nc(N)nc2c1ncn2[C@@H]1O[C@@]2(COP(=O)(N[C@H](C)C(=O)OC(C)C)Oc3ccccc3)CC[C@@H]1[C@@H]2O. The highest BCUT2D eigenvalue weighted by Gasteiger charge is 2.61. The Morgan fingerprint density at radius 3 is 2.76 bits per heavy atom. The molecule has 3 heterocycles. The predicted octanol–water partition coefficient (Wildman–Crippen LogP) is 2.98. The molecular formula is C26H35N6O8P. The van der Waals surface area contributed by atoms with Gasteiger partial charge in [0.05, 0.1) is 31.7 Å². The topological polar surface area (TPSA) is 182 Å². The second-order valence-electron chi connectivity index (χ2n) is 10.4. The third-order valence-electron chi connectivity index (χ3n) is 7.03. The van der Waals surface area contributed by atoms with Crippen LogP contribution in [0.2, 0.25) is 0 Å². The lowest BCUT2D eigenvalue weighted by Crippen LogP contribution is -2.43. The molecule has 2 fully saturated rings. The number of aliphatic hydroxyl groups excluding tert-OH is 1. The summed E-state index contributed by atoms with van der Waals surface area (Å²) in [4.78, 5) is 25.3. The van der Waals surface area contributed by atoms with Crippen LogP contribution < -0.4 is 20.1 Å².